The van der Waals surface area contributed by atoms with E-state index in [-0.39, 0.29) is 5.54 Å². The van der Waals surface area contributed by atoms with Gasteiger partial charge in [-0.05, 0) is 171 Å². The van der Waals surface area contributed by atoms with E-state index in [4.69, 9.17) is 0 Å². The molecular formula is C64H45N. The molecule has 65 heavy (non-hydrogen) atoms. The van der Waals surface area contributed by atoms with Crippen LogP contribution in [-0.4, -0.2) is 5.54 Å². The number of hydrogen-bond donors (Lipinski definition) is 0. The van der Waals surface area contributed by atoms with Gasteiger partial charge in [-0.3, -0.25) is 0 Å². The van der Waals surface area contributed by atoms with E-state index in [0.717, 1.165) is 0 Å². The summed E-state index contributed by atoms with van der Waals surface area (Å²) in [6, 6.07) is 80.3. The Balaban J connectivity index is 1.12. The van der Waals surface area contributed by atoms with Crippen molar-refractivity contribution in [3.63, 3.8) is 0 Å². The topological polar surface area (TPSA) is 3.24 Å². The summed E-state index contributed by atoms with van der Waals surface area (Å²) in [6.45, 7) is 2.51. The van der Waals surface area contributed by atoms with E-state index in [1.807, 2.05) is 0 Å². The van der Waals surface area contributed by atoms with E-state index in [1.54, 1.807) is 0 Å². The highest BCUT2D eigenvalue weighted by atomic mass is 15.2. The molecular weight excluding hydrogens is 783 g/mol. The summed E-state index contributed by atoms with van der Waals surface area (Å²) in [7, 11) is 0. The van der Waals surface area contributed by atoms with Gasteiger partial charge in [0.2, 0.25) is 0 Å². The van der Waals surface area contributed by atoms with E-state index in [9.17, 15) is 0 Å². The fraction of sp³-hybridized carbons (Fsp3) is 0.0938. The molecule has 306 valence electrons. The Morgan fingerprint density at radius 2 is 0.831 bits per heavy atom. The number of anilines is 2. The van der Waals surface area contributed by atoms with Gasteiger partial charge in [0.25, 0.3) is 0 Å². The lowest BCUT2D eigenvalue weighted by Gasteiger charge is -2.37. The molecule has 1 fully saturated rings. The molecule has 1 nitrogen and oxygen atoms in total. The first-order valence-electron chi connectivity index (χ1n) is 23.3. The number of para-hydroxylation sites is 1. The Labute approximate surface area is 379 Å². The lowest BCUT2D eigenvalue weighted by Crippen LogP contribution is -2.40. The predicted molar refractivity (Wildman–Crippen MR) is 278 cm³/mol. The molecule has 1 aliphatic carbocycles. The minimum absolute atomic E-state index is 0.0507. The molecule has 0 N–H and O–H groups in total. The van der Waals surface area contributed by atoms with Crippen LogP contribution in [0.3, 0.4) is 0 Å². The molecule has 2 atom stereocenters. The molecule has 1 aliphatic heterocycles. The molecule has 0 aromatic heterocycles. The number of hydrogen-bond acceptors (Lipinski definition) is 1. The van der Waals surface area contributed by atoms with Crippen molar-refractivity contribution in [1.82, 2.24) is 0 Å². The molecule has 1 heteroatoms. The third kappa shape index (κ3) is 5.27. The lowest BCUT2D eigenvalue weighted by molar-refractivity contribution is 0.451. The Kier molecular flexibility index (Phi) is 7.84. The molecule has 12 aromatic rings. The van der Waals surface area contributed by atoms with E-state index in [2.05, 4.69) is 224 Å². The van der Waals surface area contributed by atoms with Crippen molar-refractivity contribution in [1.29, 1.82) is 0 Å². The van der Waals surface area contributed by atoms with E-state index in [0.29, 0.717) is 5.92 Å². The first kappa shape index (κ1) is 36.7. The van der Waals surface area contributed by atoms with Gasteiger partial charge in [0.1, 0.15) is 0 Å². The van der Waals surface area contributed by atoms with Gasteiger partial charge in [0, 0.05) is 22.8 Å². The van der Waals surface area contributed by atoms with Crippen molar-refractivity contribution in [2.75, 3.05) is 4.90 Å². The summed E-state index contributed by atoms with van der Waals surface area (Å²) in [5, 5.41) is 15.4. The third-order valence-corrected chi connectivity index (χ3v) is 15.5. The molecule has 2 aliphatic rings. The van der Waals surface area contributed by atoms with Crippen LogP contribution in [0.15, 0.2) is 212 Å². The molecule has 0 saturated heterocycles. The summed E-state index contributed by atoms with van der Waals surface area (Å²) in [4.78, 5) is 2.67. The van der Waals surface area contributed by atoms with Gasteiger partial charge < -0.3 is 4.90 Å². The Morgan fingerprint density at radius 1 is 0.385 bits per heavy atom. The first-order valence-corrected chi connectivity index (χ1v) is 23.3. The second-order valence-corrected chi connectivity index (χ2v) is 18.8. The molecule has 0 amide bonds. The highest BCUT2D eigenvalue weighted by molar-refractivity contribution is 6.33. The molecule has 1 saturated carbocycles. The normalized spacial score (nSPS) is 17.0. The Morgan fingerprint density at radius 3 is 1.35 bits per heavy atom. The predicted octanol–water partition coefficient (Wildman–Crippen LogP) is 17.9. The average Bonchev–Trinajstić information content (AvgIpc) is 3.87. The van der Waals surface area contributed by atoms with Crippen LogP contribution < -0.4 is 4.90 Å². The SMILES string of the molecule is CC12CCCC1c1cc(-c3cc(-c4cccc5ccccc45)c4ccc5c(-c6cccc7ccccc67)cc(-c6cccc7ccccc67)c6ccc3c4c65)ccc1N2c1ccccc1. The van der Waals surface area contributed by atoms with Crippen molar-refractivity contribution in [2.45, 2.75) is 37.6 Å². The van der Waals surface area contributed by atoms with Gasteiger partial charge in [-0.1, -0.05) is 182 Å². The monoisotopic (exact) mass is 827 g/mol. The minimum Gasteiger partial charge on any atom is -0.335 e. The Bertz CT molecular complexity index is 3780. The van der Waals surface area contributed by atoms with Crippen molar-refractivity contribution < 1.29 is 0 Å². The van der Waals surface area contributed by atoms with Gasteiger partial charge in [-0.15, -0.1) is 0 Å². The zero-order valence-corrected chi connectivity index (χ0v) is 36.4. The third-order valence-electron chi connectivity index (χ3n) is 15.5. The van der Waals surface area contributed by atoms with Crippen molar-refractivity contribution in [3.8, 4) is 44.5 Å². The number of nitrogens with zero attached hydrogens (tertiary/aromatic N) is 1. The maximum atomic E-state index is 2.67. The molecule has 2 unspecified atom stereocenters. The highest BCUT2D eigenvalue weighted by Crippen LogP contribution is 2.60. The largest absolute Gasteiger partial charge is 0.335 e. The molecule has 12 aromatic carbocycles. The van der Waals surface area contributed by atoms with Crippen LogP contribution in [0.4, 0.5) is 11.4 Å². The summed E-state index contributed by atoms with van der Waals surface area (Å²) >= 11 is 0. The van der Waals surface area contributed by atoms with Gasteiger partial charge in [-0.2, -0.15) is 0 Å². The van der Waals surface area contributed by atoms with Crippen LogP contribution in [0.25, 0.3) is 109 Å². The summed E-state index contributed by atoms with van der Waals surface area (Å²) < 4.78 is 0. The van der Waals surface area contributed by atoms with Crippen LogP contribution in [0, 0.1) is 0 Å². The maximum Gasteiger partial charge on any atom is 0.0492 e. The first-order chi connectivity index (χ1) is 32.1. The van der Waals surface area contributed by atoms with Crippen molar-refractivity contribution in [2.24, 2.45) is 0 Å². The highest BCUT2D eigenvalue weighted by Gasteiger charge is 2.51. The van der Waals surface area contributed by atoms with E-state index < -0.39 is 0 Å². The van der Waals surface area contributed by atoms with Gasteiger partial charge in [-0.25, -0.2) is 0 Å². The van der Waals surface area contributed by atoms with E-state index >= 15 is 0 Å². The quantitative estimate of drug-likeness (QED) is 0.156. The molecule has 0 bridgehead atoms. The smallest absolute Gasteiger partial charge is 0.0492 e. The fourth-order valence-electron chi connectivity index (χ4n) is 12.7. The number of fused-ring (bicyclic) bond motifs is 6. The van der Waals surface area contributed by atoms with Crippen molar-refractivity contribution in [3.05, 3.63) is 218 Å². The number of benzene rings is 12. The fourth-order valence-corrected chi connectivity index (χ4v) is 12.7. The second kappa shape index (κ2) is 13.9. The van der Waals surface area contributed by atoms with Crippen LogP contribution >= 0.6 is 0 Å². The minimum atomic E-state index is 0.0507. The summed E-state index contributed by atoms with van der Waals surface area (Å²) in [5.41, 5.74) is 14.4. The zero-order chi connectivity index (χ0) is 42.8. The van der Waals surface area contributed by atoms with Crippen LogP contribution in [0.2, 0.25) is 0 Å². The van der Waals surface area contributed by atoms with Gasteiger partial charge >= 0.3 is 0 Å². The molecule has 0 radical (unpaired) electrons. The van der Waals surface area contributed by atoms with Gasteiger partial charge in [0.05, 0.1) is 0 Å². The molecule has 1 heterocycles. The molecule has 14 rings (SSSR count). The average molecular weight is 828 g/mol. The zero-order valence-electron chi connectivity index (χ0n) is 36.4. The maximum absolute atomic E-state index is 2.67. The van der Waals surface area contributed by atoms with Crippen molar-refractivity contribution >= 4 is 76.0 Å². The standard InChI is InChI=1S/C64H45N/c1-64-36-14-29-60(64)59-37-43(30-35-61(59)65(64)44-21-3-2-4-22-44)55-38-56(48-26-11-18-40-15-5-8-23-45(40)48)52-33-34-54-58(50-28-13-20-42-17-7-10-25-47(42)50)39-57(53-32-31-51(55)62(52)63(53)54)49-27-12-19-41-16-6-9-24-46(41)49/h2-13,15-28,30-35,37-39,60H,14,29,36H2,1H3. The lowest BCUT2D eigenvalue weighted by atomic mass is 9.80. The second-order valence-electron chi connectivity index (χ2n) is 18.8. The van der Waals surface area contributed by atoms with Crippen LogP contribution in [0.5, 0.6) is 0 Å². The summed E-state index contributed by atoms with van der Waals surface area (Å²) in [6.07, 6.45) is 3.65. The summed E-state index contributed by atoms with van der Waals surface area (Å²) in [5.74, 6) is 0.474. The van der Waals surface area contributed by atoms with Crippen LogP contribution in [0.1, 0.15) is 37.7 Å². The van der Waals surface area contributed by atoms with Crippen LogP contribution in [-0.2, 0) is 0 Å². The molecule has 0 spiro atoms. The van der Waals surface area contributed by atoms with E-state index in [1.165, 1.54) is 145 Å². The number of rotatable bonds is 5. The van der Waals surface area contributed by atoms with Gasteiger partial charge in [0.15, 0.2) is 0 Å². The Hall–Kier alpha value is -7.74.